The molecule has 0 aliphatic heterocycles. The van der Waals surface area contributed by atoms with Gasteiger partial charge in [-0.15, -0.1) is 0 Å². The summed E-state index contributed by atoms with van der Waals surface area (Å²) in [4.78, 5) is 0. The predicted octanol–water partition coefficient (Wildman–Crippen LogP) is 3.84. The summed E-state index contributed by atoms with van der Waals surface area (Å²) >= 11 is 0. The molecule has 0 bridgehead atoms. The molecule has 102 valence electrons. The van der Waals surface area contributed by atoms with Crippen molar-refractivity contribution in [3.8, 4) is 0 Å². The van der Waals surface area contributed by atoms with Crippen molar-refractivity contribution < 1.29 is 8.81 Å². The largest absolute Gasteiger partial charge is 0.469 e. The van der Waals surface area contributed by atoms with Gasteiger partial charge in [-0.1, -0.05) is 6.07 Å². The van der Waals surface area contributed by atoms with Crippen LogP contribution in [0, 0.1) is 12.7 Å². The maximum atomic E-state index is 13.2. The number of nitrogens with one attached hydrogen (secondary N) is 1. The lowest BCUT2D eigenvalue weighted by Crippen LogP contribution is -2.26. The van der Waals surface area contributed by atoms with Gasteiger partial charge in [0.25, 0.3) is 0 Å². The van der Waals surface area contributed by atoms with Gasteiger partial charge >= 0.3 is 0 Å². The van der Waals surface area contributed by atoms with Crippen LogP contribution >= 0.6 is 0 Å². The highest BCUT2D eigenvalue weighted by Gasteiger charge is 2.06. The zero-order chi connectivity index (χ0) is 13.7. The Bertz CT molecular complexity index is 507. The van der Waals surface area contributed by atoms with Gasteiger partial charge in [-0.2, -0.15) is 0 Å². The van der Waals surface area contributed by atoms with Crippen LogP contribution in [0.4, 0.5) is 4.39 Å². The molecule has 0 radical (unpaired) electrons. The topological polar surface area (TPSA) is 25.2 Å². The van der Waals surface area contributed by atoms with Crippen LogP contribution in [0.3, 0.4) is 0 Å². The Morgan fingerprint density at radius 3 is 2.89 bits per heavy atom. The van der Waals surface area contributed by atoms with E-state index in [9.17, 15) is 4.39 Å². The number of rotatable bonds is 6. The fourth-order valence-electron chi connectivity index (χ4n) is 2.03. The van der Waals surface area contributed by atoms with Crippen molar-refractivity contribution in [2.24, 2.45) is 0 Å². The normalized spacial score (nSPS) is 12.6. The van der Waals surface area contributed by atoms with Gasteiger partial charge in [0.15, 0.2) is 0 Å². The van der Waals surface area contributed by atoms with Crippen molar-refractivity contribution in [2.75, 3.05) is 0 Å². The van der Waals surface area contributed by atoms with Crippen LogP contribution in [0.1, 0.15) is 30.2 Å². The molecule has 1 aromatic heterocycles. The average Bonchev–Trinajstić information content (AvgIpc) is 2.90. The minimum atomic E-state index is -0.175. The molecule has 0 spiro atoms. The molecule has 0 amide bonds. The molecule has 0 saturated carbocycles. The second-order valence-electron chi connectivity index (χ2n) is 4.97. The molecule has 19 heavy (non-hydrogen) atoms. The minimum Gasteiger partial charge on any atom is -0.469 e. The molecule has 0 fully saturated rings. The van der Waals surface area contributed by atoms with Crippen LogP contribution in [0.5, 0.6) is 0 Å². The molecule has 2 nitrogen and oxygen atoms in total. The van der Waals surface area contributed by atoms with Gasteiger partial charge in [0.1, 0.15) is 11.6 Å². The molecule has 2 rings (SSSR count). The first kappa shape index (κ1) is 13.8. The van der Waals surface area contributed by atoms with Crippen LogP contribution in [-0.4, -0.2) is 6.04 Å². The lowest BCUT2D eigenvalue weighted by molar-refractivity contribution is 0.459. The second-order valence-corrected chi connectivity index (χ2v) is 4.97. The van der Waals surface area contributed by atoms with Gasteiger partial charge in [-0.3, -0.25) is 0 Å². The quantitative estimate of drug-likeness (QED) is 0.854. The molecule has 1 aromatic carbocycles. The SMILES string of the molecule is Cc1ccc(F)cc1CNC(C)CCc1ccco1. The van der Waals surface area contributed by atoms with E-state index >= 15 is 0 Å². The highest BCUT2D eigenvalue weighted by atomic mass is 19.1. The molecule has 1 unspecified atom stereocenters. The van der Waals surface area contributed by atoms with Crippen LogP contribution in [0.25, 0.3) is 0 Å². The fraction of sp³-hybridized carbons (Fsp3) is 0.375. The summed E-state index contributed by atoms with van der Waals surface area (Å²) in [7, 11) is 0. The van der Waals surface area contributed by atoms with E-state index in [4.69, 9.17) is 4.42 Å². The molecule has 1 heterocycles. The monoisotopic (exact) mass is 261 g/mol. The summed E-state index contributed by atoms with van der Waals surface area (Å²) < 4.78 is 18.5. The zero-order valence-electron chi connectivity index (χ0n) is 11.4. The van der Waals surface area contributed by atoms with E-state index in [1.54, 1.807) is 12.3 Å². The number of furan rings is 1. The third-order valence-corrected chi connectivity index (χ3v) is 3.36. The first-order valence-electron chi connectivity index (χ1n) is 6.66. The van der Waals surface area contributed by atoms with Gasteiger partial charge in [-0.05, 0) is 55.7 Å². The van der Waals surface area contributed by atoms with Crippen LogP contribution in [0.2, 0.25) is 0 Å². The van der Waals surface area contributed by atoms with Crippen molar-refractivity contribution >= 4 is 0 Å². The molecule has 1 atom stereocenters. The van der Waals surface area contributed by atoms with Gasteiger partial charge in [-0.25, -0.2) is 4.39 Å². The van der Waals surface area contributed by atoms with E-state index in [1.807, 2.05) is 25.1 Å². The molecular weight excluding hydrogens is 241 g/mol. The Morgan fingerprint density at radius 1 is 1.32 bits per heavy atom. The summed E-state index contributed by atoms with van der Waals surface area (Å²) in [6, 6.07) is 9.18. The third kappa shape index (κ3) is 4.21. The van der Waals surface area contributed by atoms with Crippen LogP contribution in [0.15, 0.2) is 41.0 Å². The Hall–Kier alpha value is -1.61. The number of hydrogen-bond acceptors (Lipinski definition) is 2. The maximum Gasteiger partial charge on any atom is 0.123 e. The van der Waals surface area contributed by atoms with Gasteiger partial charge in [0, 0.05) is 19.0 Å². The van der Waals surface area contributed by atoms with Crippen molar-refractivity contribution in [3.05, 3.63) is 59.3 Å². The molecule has 0 aliphatic carbocycles. The van der Waals surface area contributed by atoms with Crippen molar-refractivity contribution in [2.45, 2.75) is 39.3 Å². The van der Waals surface area contributed by atoms with Gasteiger partial charge in [0.05, 0.1) is 6.26 Å². The highest BCUT2D eigenvalue weighted by molar-refractivity contribution is 5.26. The van der Waals surface area contributed by atoms with Crippen molar-refractivity contribution in [3.63, 3.8) is 0 Å². The molecule has 0 aliphatic rings. The van der Waals surface area contributed by atoms with Gasteiger partial charge in [0.2, 0.25) is 0 Å². The van der Waals surface area contributed by atoms with E-state index < -0.39 is 0 Å². The highest BCUT2D eigenvalue weighted by Crippen LogP contribution is 2.11. The summed E-state index contributed by atoms with van der Waals surface area (Å²) in [5.74, 6) is 0.834. The first-order valence-corrected chi connectivity index (χ1v) is 6.66. The molecular formula is C16H20FNO. The molecule has 3 heteroatoms. The van der Waals surface area contributed by atoms with Crippen LogP contribution in [-0.2, 0) is 13.0 Å². The second kappa shape index (κ2) is 6.53. The van der Waals surface area contributed by atoms with Gasteiger partial charge < -0.3 is 9.73 Å². The van der Waals surface area contributed by atoms with E-state index in [1.165, 1.54) is 6.07 Å². The third-order valence-electron chi connectivity index (χ3n) is 3.36. The fourth-order valence-corrected chi connectivity index (χ4v) is 2.03. The Morgan fingerprint density at radius 2 is 2.16 bits per heavy atom. The first-order chi connectivity index (χ1) is 9.15. The lowest BCUT2D eigenvalue weighted by atomic mass is 10.1. The Kier molecular flexibility index (Phi) is 4.74. The van der Waals surface area contributed by atoms with E-state index in [2.05, 4.69) is 12.2 Å². The lowest BCUT2D eigenvalue weighted by Gasteiger charge is -2.14. The van der Waals surface area contributed by atoms with E-state index in [0.29, 0.717) is 12.6 Å². The average molecular weight is 261 g/mol. The number of hydrogen-bond donors (Lipinski definition) is 1. The van der Waals surface area contributed by atoms with Crippen LogP contribution < -0.4 is 5.32 Å². The maximum absolute atomic E-state index is 13.2. The van der Waals surface area contributed by atoms with Crippen molar-refractivity contribution in [1.29, 1.82) is 0 Å². The number of benzene rings is 1. The molecule has 1 N–H and O–H groups in total. The van der Waals surface area contributed by atoms with Crippen molar-refractivity contribution in [1.82, 2.24) is 5.32 Å². The number of halogens is 1. The Balaban J connectivity index is 1.79. The summed E-state index contributed by atoms with van der Waals surface area (Å²) in [6.07, 6.45) is 3.62. The minimum absolute atomic E-state index is 0.175. The number of aryl methyl sites for hydroxylation is 2. The molecule has 0 saturated heterocycles. The Labute approximate surface area is 113 Å². The summed E-state index contributed by atoms with van der Waals surface area (Å²) in [6.45, 7) is 4.84. The standard InChI is InChI=1S/C16H20FNO/c1-12-5-7-15(17)10-14(12)11-18-13(2)6-8-16-4-3-9-19-16/h3-5,7,9-10,13,18H,6,8,11H2,1-2H3. The zero-order valence-corrected chi connectivity index (χ0v) is 11.4. The predicted molar refractivity (Wildman–Crippen MR) is 74.5 cm³/mol. The van der Waals surface area contributed by atoms with E-state index in [-0.39, 0.29) is 5.82 Å². The summed E-state index contributed by atoms with van der Waals surface area (Å²) in [5.41, 5.74) is 2.14. The molecule has 2 aromatic rings. The smallest absolute Gasteiger partial charge is 0.123 e. The van der Waals surface area contributed by atoms with E-state index in [0.717, 1.165) is 29.7 Å². The summed E-state index contributed by atoms with van der Waals surface area (Å²) in [5, 5.41) is 3.42.